The lowest BCUT2D eigenvalue weighted by Crippen LogP contribution is -2.36. The first-order valence-electron chi connectivity index (χ1n) is 5.46. The molecule has 1 aliphatic rings. The third kappa shape index (κ3) is 1.72. The molecule has 1 fully saturated rings. The van der Waals surface area contributed by atoms with E-state index in [1.807, 2.05) is 6.20 Å². The second-order valence-electron chi connectivity index (χ2n) is 3.87. The van der Waals surface area contributed by atoms with E-state index in [-0.39, 0.29) is 0 Å². The van der Waals surface area contributed by atoms with Crippen LogP contribution in [0.2, 0.25) is 0 Å². The molecular formula is C12H13N3O. The Morgan fingerprint density at radius 1 is 1.19 bits per heavy atom. The lowest BCUT2D eigenvalue weighted by Gasteiger charge is -2.28. The van der Waals surface area contributed by atoms with Gasteiger partial charge in [0.15, 0.2) is 0 Å². The quantitative estimate of drug-likeness (QED) is 0.722. The second kappa shape index (κ2) is 4.06. The molecule has 1 aliphatic heterocycles. The van der Waals surface area contributed by atoms with Gasteiger partial charge in [-0.25, -0.2) is 9.97 Å². The highest BCUT2D eigenvalue weighted by Gasteiger charge is 2.11. The Morgan fingerprint density at radius 2 is 2.06 bits per heavy atom. The fraction of sp³-hybridized carbons (Fsp3) is 0.333. The number of morpholine rings is 1. The Morgan fingerprint density at radius 3 is 2.94 bits per heavy atom. The molecule has 2 heterocycles. The summed E-state index contributed by atoms with van der Waals surface area (Å²) < 4.78 is 5.34. The summed E-state index contributed by atoms with van der Waals surface area (Å²) >= 11 is 0. The highest BCUT2D eigenvalue weighted by molar-refractivity contribution is 5.81. The molecular weight excluding hydrogens is 202 g/mol. The van der Waals surface area contributed by atoms with Gasteiger partial charge in [0.05, 0.1) is 18.7 Å². The van der Waals surface area contributed by atoms with Crippen LogP contribution < -0.4 is 4.90 Å². The van der Waals surface area contributed by atoms with Crippen molar-refractivity contribution >= 4 is 16.6 Å². The van der Waals surface area contributed by atoms with Gasteiger partial charge in [0.25, 0.3) is 0 Å². The SMILES string of the molecule is c1ncc2ccc(N3CCOCC3)cc2n1. The molecule has 0 unspecified atom stereocenters. The molecule has 0 radical (unpaired) electrons. The number of fused-ring (bicyclic) bond motifs is 1. The van der Waals surface area contributed by atoms with Crippen molar-refractivity contribution in [1.82, 2.24) is 9.97 Å². The highest BCUT2D eigenvalue weighted by atomic mass is 16.5. The van der Waals surface area contributed by atoms with E-state index < -0.39 is 0 Å². The summed E-state index contributed by atoms with van der Waals surface area (Å²) in [5.74, 6) is 0. The highest BCUT2D eigenvalue weighted by Crippen LogP contribution is 2.20. The van der Waals surface area contributed by atoms with Crippen LogP contribution in [0, 0.1) is 0 Å². The molecule has 1 aromatic heterocycles. The van der Waals surface area contributed by atoms with Gasteiger partial charge in [0.2, 0.25) is 0 Å². The van der Waals surface area contributed by atoms with Crippen LogP contribution in [0.5, 0.6) is 0 Å². The first kappa shape index (κ1) is 9.54. The van der Waals surface area contributed by atoms with E-state index in [9.17, 15) is 0 Å². The summed E-state index contributed by atoms with van der Waals surface area (Å²) in [6.07, 6.45) is 3.43. The Balaban J connectivity index is 1.97. The molecule has 4 heteroatoms. The van der Waals surface area contributed by atoms with E-state index >= 15 is 0 Å². The van der Waals surface area contributed by atoms with E-state index in [0.717, 1.165) is 37.2 Å². The molecule has 4 nitrogen and oxygen atoms in total. The Bertz CT molecular complexity index is 494. The molecule has 0 saturated carbocycles. The van der Waals surface area contributed by atoms with E-state index in [0.29, 0.717) is 0 Å². The summed E-state index contributed by atoms with van der Waals surface area (Å²) in [5.41, 5.74) is 2.22. The molecule has 2 aromatic rings. The zero-order valence-electron chi connectivity index (χ0n) is 8.97. The standard InChI is InChI=1S/C12H13N3O/c1-2-11(15-3-5-16-6-4-15)7-12-10(1)8-13-9-14-12/h1-2,7-9H,3-6H2. The van der Waals surface area contributed by atoms with Gasteiger partial charge in [-0.1, -0.05) is 0 Å². The molecule has 0 amide bonds. The van der Waals surface area contributed by atoms with E-state index in [1.165, 1.54) is 5.69 Å². The molecule has 3 rings (SSSR count). The van der Waals surface area contributed by atoms with Crippen molar-refractivity contribution < 1.29 is 4.74 Å². The van der Waals surface area contributed by atoms with Crippen molar-refractivity contribution in [3.63, 3.8) is 0 Å². The molecule has 0 atom stereocenters. The number of anilines is 1. The molecule has 16 heavy (non-hydrogen) atoms. The number of nitrogens with zero attached hydrogens (tertiary/aromatic N) is 3. The smallest absolute Gasteiger partial charge is 0.116 e. The van der Waals surface area contributed by atoms with Crippen LogP contribution in [0.1, 0.15) is 0 Å². The van der Waals surface area contributed by atoms with Gasteiger partial charge < -0.3 is 9.64 Å². The monoisotopic (exact) mass is 215 g/mol. The Hall–Kier alpha value is -1.68. The van der Waals surface area contributed by atoms with Crippen molar-refractivity contribution in [2.45, 2.75) is 0 Å². The van der Waals surface area contributed by atoms with Crippen molar-refractivity contribution in [3.8, 4) is 0 Å². The molecule has 0 spiro atoms. The average Bonchev–Trinajstić information content (AvgIpc) is 2.39. The van der Waals surface area contributed by atoms with Crippen molar-refractivity contribution in [3.05, 3.63) is 30.7 Å². The topological polar surface area (TPSA) is 38.2 Å². The third-order valence-electron chi connectivity index (χ3n) is 2.87. The summed E-state index contributed by atoms with van der Waals surface area (Å²) in [6.45, 7) is 3.52. The Labute approximate surface area is 93.9 Å². The van der Waals surface area contributed by atoms with Crippen molar-refractivity contribution in [2.75, 3.05) is 31.2 Å². The number of rotatable bonds is 1. The van der Waals surface area contributed by atoms with Gasteiger partial charge in [-0.2, -0.15) is 0 Å². The van der Waals surface area contributed by atoms with Gasteiger partial charge in [0, 0.05) is 30.4 Å². The normalized spacial score (nSPS) is 16.6. The van der Waals surface area contributed by atoms with Crippen LogP contribution in [0.15, 0.2) is 30.7 Å². The van der Waals surface area contributed by atoms with E-state index in [2.05, 4.69) is 33.1 Å². The van der Waals surface area contributed by atoms with E-state index in [4.69, 9.17) is 4.74 Å². The van der Waals surface area contributed by atoms with Gasteiger partial charge in [-0.05, 0) is 18.2 Å². The van der Waals surface area contributed by atoms with Crippen LogP contribution in [0.4, 0.5) is 5.69 Å². The van der Waals surface area contributed by atoms with Crippen molar-refractivity contribution in [2.24, 2.45) is 0 Å². The third-order valence-corrected chi connectivity index (χ3v) is 2.87. The fourth-order valence-electron chi connectivity index (χ4n) is 1.98. The largest absolute Gasteiger partial charge is 0.378 e. The average molecular weight is 215 g/mol. The lowest BCUT2D eigenvalue weighted by atomic mass is 10.2. The Kier molecular flexibility index (Phi) is 2.42. The summed E-state index contributed by atoms with van der Waals surface area (Å²) in [4.78, 5) is 10.6. The minimum absolute atomic E-state index is 0.807. The lowest BCUT2D eigenvalue weighted by molar-refractivity contribution is 0.122. The molecule has 1 saturated heterocycles. The fourth-order valence-corrected chi connectivity index (χ4v) is 1.98. The number of hydrogen-bond donors (Lipinski definition) is 0. The van der Waals surface area contributed by atoms with Gasteiger partial charge in [-0.15, -0.1) is 0 Å². The van der Waals surface area contributed by atoms with Crippen LogP contribution in [0.25, 0.3) is 10.9 Å². The van der Waals surface area contributed by atoms with Gasteiger partial charge >= 0.3 is 0 Å². The van der Waals surface area contributed by atoms with Gasteiger partial charge in [-0.3, -0.25) is 0 Å². The zero-order chi connectivity index (χ0) is 10.8. The van der Waals surface area contributed by atoms with Crippen LogP contribution in [-0.4, -0.2) is 36.3 Å². The maximum Gasteiger partial charge on any atom is 0.116 e. The number of ether oxygens (including phenoxy) is 1. The molecule has 82 valence electrons. The summed E-state index contributed by atoms with van der Waals surface area (Å²) in [7, 11) is 0. The van der Waals surface area contributed by atoms with Crippen LogP contribution in [0.3, 0.4) is 0 Å². The maximum absolute atomic E-state index is 5.34. The minimum Gasteiger partial charge on any atom is -0.378 e. The maximum atomic E-state index is 5.34. The van der Waals surface area contributed by atoms with Crippen molar-refractivity contribution in [1.29, 1.82) is 0 Å². The summed E-state index contributed by atoms with van der Waals surface area (Å²) in [6, 6.07) is 6.31. The first-order chi connectivity index (χ1) is 7.93. The molecule has 0 bridgehead atoms. The molecule has 0 aliphatic carbocycles. The number of aromatic nitrogens is 2. The zero-order valence-corrected chi connectivity index (χ0v) is 8.97. The summed E-state index contributed by atoms with van der Waals surface area (Å²) in [5, 5.41) is 1.08. The predicted octanol–water partition coefficient (Wildman–Crippen LogP) is 1.47. The second-order valence-corrected chi connectivity index (χ2v) is 3.87. The van der Waals surface area contributed by atoms with E-state index in [1.54, 1.807) is 6.33 Å². The number of benzene rings is 1. The van der Waals surface area contributed by atoms with Crippen LogP contribution >= 0.6 is 0 Å². The predicted molar refractivity (Wildman–Crippen MR) is 62.6 cm³/mol. The first-order valence-corrected chi connectivity index (χ1v) is 5.46. The minimum atomic E-state index is 0.807. The van der Waals surface area contributed by atoms with Crippen LogP contribution in [-0.2, 0) is 4.74 Å². The van der Waals surface area contributed by atoms with Gasteiger partial charge in [0.1, 0.15) is 6.33 Å². The molecule has 0 N–H and O–H groups in total. The molecule has 1 aromatic carbocycles. The number of hydrogen-bond acceptors (Lipinski definition) is 4.